The molecule has 1 heterocycles. The van der Waals surface area contributed by atoms with E-state index in [1.54, 1.807) is 13.2 Å². The molecule has 0 aliphatic carbocycles. The highest BCUT2D eigenvalue weighted by Gasteiger charge is 2.25. The average Bonchev–Trinajstić information content (AvgIpc) is 3.09. The van der Waals surface area contributed by atoms with Gasteiger partial charge < -0.3 is 15.0 Å². The third-order valence-corrected chi connectivity index (χ3v) is 4.30. The van der Waals surface area contributed by atoms with Gasteiger partial charge in [-0.15, -0.1) is 0 Å². The fourth-order valence-electron chi connectivity index (χ4n) is 3.08. The lowest BCUT2D eigenvalue weighted by Gasteiger charge is -2.27. The van der Waals surface area contributed by atoms with Crippen molar-refractivity contribution in [3.05, 3.63) is 60.2 Å². The molecule has 120 valence electrons. The van der Waals surface area contributed by atoms with E-state index in [1.165, 1.54) is 5.69 Å². The van der Waals surface area contributed by atoms with Gasteiger partial charge in [-0.3, -0.25) is 4.79 Å². The predicted molar refractivity (Wildman–Crippen MR) is 92.1 cm³/mol. The highest BCUT2D eigenvalue weighted by Crippen LogP contribution is 2.24. The van der Waals surface area contributed by atoms with E-state index < -0.39 is 0 Å². The zero-order valence-corrected chi connectivity index (χ0v) is 13.4. The summed E-state index contributed by atoms with van der Waals surface area (Å²) in [7, 11) is 1.60. The molecule has 1 aliphatic heterocycles. The minimum Gasteiger partial charge on any atom is -0.497 e. The number of nitrogens with one attached hydrogen (secondary N) is 1. The number of para-hydroxylation sites is 1. The molecule has 1 unspecified atom stereocenters. The van der Waals surface area contributed by atoms with Crippen molar-refractivity contribution < 1.29 is 9.53 Å². The van der Waals surface area contributed by atoms with Gasteiger partial charge in [0.2, 0.25) is 0 Å². The van der Waals surface area contributed by atoms with Crippen LogP contribution in [0.4, 0.5) is 5.69 Å². The number of nitrogens with zero attached hydrogens (tertiary/aromatic N) is 1. The summed E-state index contributed by atoms with van der Waals surface area (Å²) in [6.45, 7) is 1.70. The Balaban J connectivity index is 1.62. The Hall–Kier alpha value is -2.49. The Bertz CT molecular complexity index is 657. The molecular weight excluding hydrogens is 288 g/mol. The number of hydrogen-bond donors (Lipinski definition) is 1. The van der Waals surface area contributed by atoms with Gasteiger partial charge in [0.1, 0.15) is 5.75 Å². The molecule has 2 aromatic rings. The van der Waals surface area contributed by atoms with Gasteiger partial charge in [-0.2, -0.15) is 0 Å². The minimum absolute atomic E-state index is 0.0520. The lowest BCUT2D eigenvalue weighted by molar-refractivity contribution is 0.0951. The first-order valence-electron chi connectivity index (χ1n) is 8.02. The van der Waals surface area contributed by atoms with Gasteiger partial charge in [0.25, 0.3) is 5.91 Å². The maximum absolute atomic E-state index is 12.3. The molecule has 1 fully saturated rings. The number of hydrogen-bond acceptors (Lipinski definition) is 3. The lowest BCUT2D eigenvalue weighted by atomic mass is 10.1. The summed E-state index contributed by atoms with van der Waals surface area (Å²) in [5.74, 6) is 0.647. The van der Waals surface area contributed by atoms with Crippen molar-refractivity contribution >= 4 is 11.6 Å². The molecule has 1 atom stereocenters. The topological polar surface area (TPSA) is 41.6 Å². The second kappa shape index (κ2) is 7.18. The minimum atomic E-state index is -0.0520. The fourth-order valence-corrected chi connectivity index (χ4v) is 3.08. The van der Waals surface area contributed by atoms with Gasteiger partial charge in [0.15, 0.2) is 0 Å². The lowest BCUT2D eigenvalue weighted by Crippen LogP contribution is -2.40. The molecule has 4 heteroatoms. The van der Waals surface area contributed by atoms with Crippen LogP contribution in [-0.4, -0.2) is 32.1 Å². The van der Waals surface area contributed by atoms with Crippen molar-refractivity contribution in [1.82, 2.24) is 5.32 Å². The Morgan fingerprint density at radius 2 is 2.04 bits per heavy atom. The first kappa shape index (κ1) is 15.4. The molecule has 0 radical (unpaired) electrons. The van der Waals surface area contributed by atoms with Crippen molar-refractivity contribution in [2.75, 3.05) is 25.1 Å². The fraction of sp³-hybridized carbons (Fsp3) is 0.316. The number of benzene rings is 2. The molecule has 1 aliphatic rings. The molecule has 0 saturated carbocycles. The second-order valence-corrected chi connectivity index (χ2v) is 5.77. The van der Waals surface area contributed by atoms with Crippen molar-refractivity contribution in [2.24, 2.45) is 0 Å². The standard InChI is InChI=1S/C19H22N2O2/c1-23-18-11-5-7-15(13-18)19(22)20-14-17-10-6-12-21(17)16-8-3-2-4-9-16/h2-5,7-9,11,13,17H,6,10,12,14H2,1H3,(H,20,22). The van der Waals surface area contributed by atoms with Crippen molar-refractivity contribution in [3.63, 3.8) is 0 Å². The second-order valence-electron chi connectivity index (χ2n) is 5.77. The van der Waals surface area contributed by atoms with Crippen LogP contribution in [0.2, 0.25) is 0 Å². The van der Waals surface area contributed by atoms with Crippen LogP contribution in [0.15, 0.2) is 54.6 Å². The van der Waals surface area contributed by atoms with E-state index in [-0.39, 0.29) is 5.91 Å². The smallest absolute Gasteiger partial charge is 0.251 e. The molecule has 1 N–H and O–H groups in total. The summed E-state index contributed by atoms with van der Waals surface area (Å²) >= 11 is 0. The van der Waals surface area contributed by atoms with Gasteiger partial charge in [-0.1, -0.05) is 24.3 Å². The van der Waals surface area contributed by atoms with Crippen LogP contribution in [0.1, 0.15) is 23.2 Å². The molecule has 0 spiro atoms. The number of methoxy groups -OCH3 is 1. The van der Waals surface area contributed by atoms with E-state index in [1.807, 2.05) is 24.3 Å². The molecule has 23 heavy (non-hydrogen) atoms. The first-order valence-corrected chi connectivity index (χ1v) is 8.02. The van der Waals surface area contributed by atoms with Crippen LogP contribution in [0.3, 0.4) is 0 Å². The van der Waals surface area contributed by atoms with Crippen LogP contribution >= 0.6 is 0 Å². The monoisotopic (exact) mass is 310 g/mol. The molecule has 0 bridgehead atoms. The number of amides is 1. The van der Waals surface area contributed by atoms with Crippen molar-refractivity contribution in [3.8, 4) is 5.75 Å². The molecule has 1 amide bonds. The zero-order valence-electron chi connectivity index (χ0n) is 13.4. The number of anilines is 1. The van der Waals surface area contributed by atoms with Gasteiger partial charge in [0.05, 0.1) is 7.11 Å². The number of carbonyl (C=O) groups excluding carboxylic acids is 1. The van der Waals surface area contributed by atoms with Crippen molar-refractivity contribution in [1.29, 1.82) is 0 Å². The summed E-state index contributed by atoms with van der Waals surface area (Å²) < 4.78 is 5.17. The Morgan fingerprint density at radius 1 is 1.22 bits per heavy atom. The molecule has 3 rings (SSSR count). The number of carbonyl (C=O) groups is 1. The Kier molecular flexibility index (Phi) is 4.81. The van der Waals surface area contributed by atoms with Crippen LogP contribution in [0.25, 0.3) is 0 Å². The van der Waals surface area contributed by atoms with E-state index in [9.17, 15) is 4.79 Å². The van der Waals surface area contributed by atoms with Crippen molar-refractivity contribution in [2.45, 2.75) is 18.9 Å². The van der Waals surface area contributed by atoms with E-state index in [0.717, 1.165) is 19.4 Å². The highest BCUT2D eigenvalue weighted by atomic mass is 16.5. The first-order chi connectivity index (χ1) is 11.3. The summed E-state index contributed by atoms with van der Waals surface area (Å²) in [5.41, 5.74) is 1.86. The van der Waals surface area contributed by atoms with Crippen LogP contribution in [0, 0.1) is 0 Å². The average molecular weight is 310 g/mol. The Labute approximate surface area is 137 Å². The maximum atomic E-state index is 12.3. The Morgan fingerprint density at radius 3 is 2.83 bits per heavy atom. The molecular formula is C19H22N2O2. The molecule has 1 saturated heterocycles. The van der Waals surface area contributed by atoms with E-state index in [2.05, 4.69) is 34.5 Å². The third kappa shape index (κ3) is 3.65. The van der Waals surface area contributed by atoms with Crippen LogP contribution in [-0.2, 0) is 0 Å². The normalized spacial score (nSPS) is 17.1. The molecule has 2 aromatic carbocycles. The van der Waals surface area contributed by atoms with E-state index >= 15 is 0 Å². The van der Waals surface area contributed by atoms with Gasteiger partial charge in [-0.25, -0.2) is 0 Å². The van der Waals surface area contributed by atoms with Crippen LogP contribution in [0.5, 0.6) is 5.75 Å². The van der Waals surface area contributed by atoms with E-state index in [0.29, 0.717) is 23.9 Å². The summed E-state index contributed by atoms with van der Waals surface area (Å²) in [6.07, 6.45) is 2.27. The zero-order chi connectivity index (χ0) is 16.1. The quantitative estimate of drug-likeness (QED) is 0.922. The SMILES string of the molecule is COc1cccc(C(=O)NCC2CCCN2c2ccccc2)c1. The largest absolute Gasteiger partial charge is 0.497 e. The molecule has 0 aromatic heterocycles. The summed E-state index contributed by atoms with van der Waals surface area (Å²) in [4.78, 5) is 14.7. The van der Waals surface area contributed by atoms with Gasteiger partial charge in [0, 0.05) is 30.4 Å². The molecule has 4 nitrogen and oxygen atoms in total. The number of rotatable bonds is 5. The highest BCUT2D eigenvalue weighted by molar-refractivity contribution is 5.94. The number of ether oxygens (including phenoxy) is 1. The summed E-state index contributed by atoms with van der Waals surface area (Å²) in [6, 6.07) is 18.0. The predicted octanol–water partition coefficient (Wildman–Crippen LogP) is 3.09. The third-order valence-electron chi connectivity index (χ3n) is 4.30. The maximum Gasteiger partial charge on any atom is 0.251 e. The van der Waals surface area contributed by atoms with Gasteiger partial charge in [-0.05, 0) is 43.2 Å². The van der Waals surface area contributed by atoms with E-state index in [4.69, 9.17) is 4.74 Å². The van der Waals surface area contributed by atoms with Gasteiger partial charge >= 0.3 is 0 Å². The van der Waals surface area contributed by atoms with Crippen LogP contribution < -0.4 is 15.0 Å². The summed E-state index contributed by atoms with van der Waals surface area (Å²) in [5, 5.41) is 3.06.